The molecule has 4 atom stereocenters. The third kappa shape index (κ3) is 9.52. The Labute approximate surface area is 331 Å². The number of halogens is 3. The van der Waals surface area contributed by atoms with E-state index in [-0.39, 0.29) is 31.0 Å². The number of likely N-dealkylation sites (tertiary alicyclic amines) is 3. The van der Waals surface area contributed by atoms with Crippen molar-refractivity contribution in [2.24, 2.45) is 5.92 Å². The molecule has 0 aliphatic carbocycles. The van der Waals surface area contributed by atoms with Gasteiger partial charge in [-0.2, -0.15) is 13.2 Å². The monoisotopic (exact) mass is 785 g/mol. The first-order valence-electron chi connectivity index (χ1n) is 20.1. The van der Waals surface area contributed by atoms with Gasteiger partial charge in [0, 0.05) is 19.6 Å². The van der Waals surface area contributed by atoms with E-state index in [2.05, 4.69) is 10.2 Å². The van der Waals surface area contributed by atoms with Gasteiger partial charge >= 0.3 is 12.3 Å². The molecule has 1 N–H and O–H groups in total. The van der Waals surface area contributed by atoms with Gasteiger partial charge in [0.05, 0.1) is 24.1 Å². The topological polar surface area (TPSA) is 103 Å². The Morgan fingerprint density at radius 1 is 0.877 bits per heavy atom. The summed E-state index contributed by atoms with van der Waals surface area (Å²) in [6.07, 6.45) is 4.54. The molecule has 0 saturated carbocycles. The minimum absolute atomic E-state index is 0.0368. The molecular weight excluding hydrogens is 736 g/mol. The van der Waals surface area contributed by atoms with Crippen LogP contribution in [-0.4, -0.2) is 101 Å². The van der Waals surface area contributed by atoms with Crippen LogP contribution in [0, 0.1) is 5.92 Å². The highest BCUT2D eigenvalue weighted by atomic mass is 19.4. The number of alkyl halides is 3. The molecule has 0 spiro atoms. The summed E-state index contributed by atoms with van der Waals surface area (Å²) in [5, 5.41) is 2.73. The van der Waals surface area contributed by atoms with Crippen molar-refractivity contribution in [1.29, 1.82) is 0 Å². The third-order valence-corrected chi connectivity index (χ3v) is 11.8. The number of carbonyl (C=O) groups is 4. The Bertz CT molecular complexity index is 1900. The highest BCUT2D eigenvalue weighted by molar-refractivity contribution is 5.99. The number of benzene rings is 3. The first kappa shape index (κ1) is 40.0. The van der Waals surface area contributed by atoms with Crippen LogP contribution in [0.15, 0.2) is 91.0 Å². The second kappa shape index (κ2) is 18.0. The molecule has 57 heavy (non-hydrogen) atoms. The predicted molar refractivity (Wildman–Crippen MR) is 208 cm³/mol. The lowest BCUT2D eigenvalue weighted by Crippen LogP contribution is -2.74. The van der Waals surface area contributed by atoms with Gasteiger partial charge in [-0.3, -0.25) is 19.3 Å². The molecule has 3 aromatic carbocycles. The van der Waals surface area contributed by atoms with E-state index in [1.54, 1.807) is 11.0 Å². The standard InChI is InChI=1S/C44H50F3N5O5/c45-44(46,47)35-16-10-13-33(27-35)29-48-41(54)37(28-39(53)50-25-20-32(21-26-50)19-24-49-22-8-3-9-23-49)51-36(18-17-31-11-4-1-5-12-31)40(42(51)55)52-38(30-57-43(52)56)34-14-6-2-7-15-34/h1-2,4-7,10-18,27,32,36-38,40H,3,8-9,19-26,28-30H2,(H,48,54)/b18-17+/t36-,37+,38-,40+/m1/s1. The van der Waals surface area contributed by atoms with E-state index >= 15 is 0 Å². The van der Waals surface area contributed by atoms with E-state index < -0.39 is 53.8 Å². The number of cyclic esters (lactones) is 1. The fraction of sp³-hybridized carbons (Fsp3) is 0.455. The summed E-state index contributed by atoms with van der Waals surface area (Å²) in [6, 6.07) is 19.6. The molecule has 302 valence electrons. The second-order valence-corrected chi connectivity index (χ2v) is 15.5. The molecule has 4 amide bonds. The number of carbonyl (C=O) groups excluding carboxylic acids is 4. The number of nitrogens with one attached hydrogen (secondary N) is 1. The minimum Gasteiger partial charge on any atom is -0.447 e. The zero-order chi connectivity index (χ0) is 39.9. The number of nitrogens with zero attached hydrogens (tertiary/aromatic N) is 4. The van der Waals surface area contributed by atoms with E-state index in [1.807, 2.05) is 66.7 Å². The largest absolute Gasteiger partial charge is 0.447 e. The van der Waals surface area contributed by atoms with Crippen LogP contribution >= 0.6 is 0 Å². The number of amides is 4. The molecule has 0 bridgehead atoms. The molecule has 13 heteroatoms. The van der Waals surface area contributed by atoms with Gasteiger partial charge in [-0.05, 0) is 86.5 Å². The Hall–Kier alpha value is -5.17. The van der Waals surface area contributed by atoms with Crippen molar-refractivity contribution in [3.05, 3.63) is 113 Å². The lowest BCUT2D eigenvalue weighted by Gasteiger charge is -2.52. The Kier molecular flexibility index (Phi) is 12.6. The van der Waals surface area contributed by atoms with E-state index in [9.17, 15) is 32.3 Å². The number of piperidine rings is 2. The molecule has 4 aliphatic heterocycles. The fourth-order valence-corrected chi connectivity index (χ4v) is 8.60. The van der Waals surface area contributed by atoms with E-state index in [0.29, 0.717) is 19.0 Å². The smallest absolute Gasteiger partial charge is 0.416 e. The predicted octanol–water partition coefficient (Wildman–Crippen LogP) is 6.68. The highest BCUT2D eigenvalue weighted by Gasteiger charge is 2.58. The maximum atomic E-state index is 14.5. The van der Waals surface area contributed by atoms with Crippen molar-refractivity contribution in [2.75, 3.05) is 39.3 Å². The number of ether oxygens (including phenoxy) is 1. The van der Waals surface area contributed by atoms with Gasteiger partial charge in [0.25, 0.3) is 0 Å². The van der Waals surface area contributed by atoms with Crippen molar-refractivity contribution in [3.63, 3.8) is 0 Å². The zero-order valence-electron chi connectivity index (χ0n) is 32.0. The third-order valence-electron chi connectivity index (χ3n) is 11.8. The molecule has 4 saturated heterocycles. The van der Waals surface area contributed by atoms with Crippen LogP contribution in [0.3, 0.4) is 0 Å². The summed E-state index contributed by atoms with van der Waals surface area (Å²) >= 11 is 0. The molecule has 0 radical (unpaired) electrons. The van der Waals surface area contributed by atoms with E-state index in [0.717, 1.165) is 62.2 Å². The summed E-state index contributed by atoms with van der Waals surface area (Å²) in [5.74, 6) is -0.995. The summed E-state index contributed by atoms with van der Waals surface area (Å²) in [5.41, 5.74) is 0.973. The van der Waals surface area contributed by atoms with Gasteiger partial charge in [0.2, 0.25) is 17.7 Å². The van der Waals surface area contributed by atoms with Crippen molar-refractivity contribution in [2.45, 2.75) is 81.8 Å². The summed E-state index contributed by atoms with van der Waals surface area (Å²) in [4.78, 5) is 63.2. The maximum Gasteiger partial charge on any atom is 0.416 e. The molecular formula is C44H50F3N5O5. The van der Waals surface area contributed by atoms with E-state index in [4.69, 9.17) is 4.74 Å². The molecule has 4 fully saturated rings. The lowest BCUT2D eigenvalue weighted by atomic mass is 9.87. The van der Waals surface area contributed by atoms with Gasteiger partial charge in [-0.1, -0.05) is 91.4 Å². The van der Waals surface area contributed by atoms with Crippen LogP contribution in [0.4, 0.5) is 18.0 Å². The minimum atomic E-state index is -4.57. The van der Waals surface area contributed by atoms with Gasteiger partial charge in [-0.25, -0.2) is 4.79 Å². The zero-order valence-corrected chi connectivity index (χ0v) is 32.0. The van der Waals surface area contributed by atoms with Crippen LogP contribution in [0.1, 0.15) is 73.2 Å². The Balaban J connectivity index is 1.13. The molecule has 4 aliphatic rings. The number of hydrogen-bond donors (Lipinski definition) is 1. The summed E-state index contributed by atoms with van der Waals surface area (Å²) < 4.78 is 46.0. The van der Waals surface area contributed by atoms with Crippen LogP contribution in [0.25, 0.3) is 6.08 Å². The Morgan fingerprint density at radius 3 is 2.28 bits per heavy atom. The normalized spacial score (nSPS) is 22.7. The van der Waals surface area contributed by atoms with Crippen LogP contribution in [-0.2, 0) is 31.8 Å². The molecule has 0 aromatic heterocycles. The molecule has 3 aromatic rings. The maximum absolute atomic E-state index is 14.5. The van der Waals surface area contributed by atoms with Crippen molar-refractivity contribution in [3.8, 4) is 0 Å². The molecule has 10 nitrogen and oxygen atoms in total. The van der Waals surface area contributed by atoms with Gasteiger partial charge < -0.3 is 24.8 Å². The quantitative estimate of drug-likeness (QED) is 0.194. The van der Waals surface area contributed by atoms with Gasteiger partial charge in [-0.15, -0.1) is 0 Å². The van der Waals surface area contributed by atoms with Gasteiger partial charge in [0.1, 0.15) is 18.7 Å². The highest BCUT2D eigenvalue weighted by Crippen LogP contribution is 2.39. The fourth-order valence-electron chi connectivity index (χ4n) is 8.60. The molecule has 0 unspecified atom stereocenters. The van der Waals surface area contributed by atoms with Crippen molar-refractivity contribution in [1.82, 2.24) is 24.9 Å². The second-order valence-electron chi connectivity index (χ2n) is 15.5. The number of rotatable bonds is 13. The number of β-lactam (4-membered cyclic amide) rings is 1. The SMILES string of the molecule is O=C(NCc1cccc(C(F)(F)F)c1)[C@H](CC(=O)N1CCC(CCN2CCCCC2)CC1)N1C(=O)[C@@H](N2C(=O)OC[C@@H]2c2ccccc2)[C@H]1/C=C/c1ccccc1. The average Bonchev–Trinajstić information content (AvgIpc) is 3.61. The Morgan fingerprint density at radius 2 is 1.58 bits per heavy atom. The van der Waals surface area contributed by atoms with Crippen molar-refractivity contribution < 1.29 is 37.1 Å². The van der Waals surface area contributed by atoms with Crippen LogP contribution in [0.2, 0.25) is 0 Å². The first-order valence-corrected chi connectivity index (χ1v) is 20.1. The first-order chi connectivity index (χ1) is 27.6. The summed E-state index contributed by atoms with van der Waals surface area (Å²) in [6.45, 7) is 4.19. The van der Waals surface area contributed by atoms with Crippen molar-refractivity contribution >= 4 is 29.9 Å². The van der Waals surface area contributed by atoms with Crippen LogP contribution < -0.4 is 5.32 Å². The van der Waals surface area contributed by atoms with Gasteiger partial charge in [0.15, 0.2) is 0 Å². The lowest BCUT2D eigenvalue weighted by molar-refractivity contribution is -0.164. The average molecular weight is 786 g/mol. The molecule has 7 rings (SSSR count). The summed E-state index contributed by atoms with van der Waals surface area (Å²) in [7, 11) is 0. The van der Waals surface area contributed by atoms with Crippen LogP contribution in [0.5, 0.6) is 0 Å². The van der Waals surface area contributed by atoms with E-state index in [1.165, 1.54) is 41.2 Å². The number of hydrogen-bond acceptors (Lipinski definition) is 6. The molecule has 4 heterocycles.